The first-order valence-corrected chi connectivity index (χ1v) is 8.52. The normalized spacial score (nSPS) is 40.0. The first-order valence-electron chi connectivity index (χ1n) is 7.77. The van der Waals surface area contributed by atoms with Gasteiger partial charge in [-0.15, -0.1) is 0 Å². The second-order valence-corrected chi connectivity index (χ2v) is 8.19. The van der Waals surface area contributed by atoms with Crippen LogP contribution in [-0.4, -0.2) is 0 Å². The van der Waals surface area contributed by atoms with E-state index in [1.165, 1.54) is 38.5 Å². The Hall–Kier alpha value is -0.240. The molecule has 5 rings (SSSR count). The highest BCUT2D eigenvalue weighted by atomic mass is 35.5. The predicted molar refractivity (Wildman–Crippen MR) is 84.0 cm³/mol. The summed E-state index contributed by atoms with van der Waals surface area (Å²) in [5.41, 5.74) is 8.06. The maximum absolute atomic E-state index is 6.72. The third-order valence-corrected chi connectivity index (χ3v) is 6.90. The van der Waals surface area contributed by atoms with Gasteiger partial charge in [0.1, 0.15) is 0 Å². The van der Waals surface area contributed by atoms with E-state index in [0.29, 0.717) is 10.0 Å². The highest BCUT2D eigenvalue weighted by Crippen LogP contribution is 2.63. The number of hydrogen-bond acceptors (Lipinski definition) is 1. The molecule has 0 aromatic heterocycles. The molecule has 20 heavy (non-hydrogen) atoms. The lowest BCUT2D eigenvalue weighted by molar-refractivity contribution is -0.0677. The van der Waals surface area contributed by atoms with Crippen molar-refractivity contribution >= 4 is 23.2 Å². The van der Waals surface area contributed by atoms with Crippen molar-refractivity contribution in [2.45, 2.75) is 44.6 Å². The summed E-state index contributed by atoms with van der Waals surface area (Å²) in [5.74, 6) is 2.72. The highest BCUT2D eigenvalue weighted by molar-refractivity contribution is 6.42. The summed E-state index contributed by atoms with van der Waals surface area (Å²) in [6, 6.07) is 5.93. The van der Waals surface area contributed by atoms with Crippen molar-refractivity contribution in [3.05, 3.63) is 33.8 Å². The fourth-order valence-electron chi connectivity index (χ4n) is 5.65. The molecule has 4 fully saturated rings. The van der Waals surface area contributed by atoms with Crippen LogP contribution in [0.2, 0.25) is 10.0 Å². The molecule has 0 spiro atoms. The van der Waals surface area contributed by atoms with Gasteiger partial charge in [-0.05, 0) is 73.3 Å². The number of halogens is 2. The van der Waals surface area contributed by atoms with E-state index >= 15 is 0 Å². The number of nitrogens with two attached hydrogens (primary N) is 1. The zero-order valence-electron chi connectivity index (χ0n) is 11.6. The van der Waals surface area contributed by atoms with Crippen molar-refractivity contribution in [3.8, 4) is 0 Å². The molecule has 4 aliphatic carbocycles. The molecule has 0 aliphatic heterocycles. The van der Waals surface area contributed by atoms with Gasteiger partial charge in [0.2, 0.25) is 0 Å². The SMILES string of the molecule is NC(c1cccc(Cl)c1Cl)C12CC3CC(CC(C3)C1)C2. The number of benzene rings is 1. The van der Waals surface area contributed by atoms with E-state index in [4.69, 9.17) is 28.9 Å². The van der Waals surface area contributed by atoms with Gasteiger partial charge >= 0.3 is 0 Å². The van der Waals surface area contributed by atoms with Crippen LogP contribution >= 0.6 is 23.2 Å². The van der Waals surface area contributed by atoms with Crippen LogP contribution in [0.15, 0.2) is 18.2 Å². The molecular weight excluding hydrogens is 289 g/mol. The van der Waals surface area contributed by atoms with Gasteiger partial charge in [0, 0.05) is 6.04 Å². The van der Waals surface area contributed by atoms with Crippen molar-refractivity contribution in [2.24, 2.45) is 28.9 Å². The Labute approximate surface area is 130 Å². The van der Waals surface area contributed by atoms with E-state index in [1.54, 1.807) is 0 Å². The molecule has 1 atom stereocenters. The van der Waals surface area contributed by atoms with Crippen LogP contribution in [0.1, 0.15) is 50.1 Å². The van der Waals surface area contributed by atoms with Crippen molar-refractivity contribution in [1.29, 1.82) is 0 Å². The summed E-state index contributed by atoms with van der Waals surface area (Å²) < 4.78 is 0. The van der Waals surface area contributed by atoms with Crippen LogP contribution in [0.25, 0.3) is 0 Å². The second-order valence-electron chi connectivity index (χ2n) is 7.40. The van der Waals surface area contributed by atoms with Crippen molar-refractivity contribution in [3.63, 3.8) is 0 Å². The fraction of sp³-hybridized carbons (Fsp3) is 0.647. The molecule has 3 heteroatoms. The lowest BCUT2D eigenvalue weighted by Crippen LogP contribution is -2.50. The number of hydrogen-bond donors (Lipinski definition) is 1. The Morgan fingerprint density at radius 2 is 1.55 bits per heavy atom. The van der Waals surface area contributed by atoms with E-state index in [9.17, 15) is 0 Å². The van der Waals surface area contributed by atoms with Crippen molar-refractivity contribution in [1.82, 2.24) is 0 Å². The lowest BCUT2D eigenvalue weighted by atomic mass is 9.47. The average Bonchev–Trinajstić information content (AvgIpc) is 2.39. The van der Waals surface area contributed by atoms with Gasteiger partial charge in [-0.2, -0.15) is 0 Å². The van der Waals surface area contributed by atoms with Crippen LogP contribution in [0.3, 0.4) is 0 Å². The molecule has 0 saturated heterocycles. The highest BCUT2D eigenvalue weighted by Gasteiger charge is 2.53. The largest absolute Gasteiger partial charge is 0.323 e. The summed E-state index contributed by atoms with van der Waals surface area (Å²) in [7, 11) is 0. The van der Waals surface area contributed by atoms with E-state index in [-0.39, 0.29) is 11.5 Å². The third kappa shape index (κ3) is 1.94. The molecule has 2 N–H and O–H groups in total. The van der Waals surface area contributed by atoms with E-state index in [0.717, 1.165) is 23.3 Å². The lowest BCUT2D eigenvalue weighted by Gasteiger charge is -2.59. The average molecular weight is 310 g/mol. The molecule has 4 bridgehead atoms. The Kier molecular flexibility index (Phi) is 3.11. The van der Waals surface area contributed by atoms with Crippen molar-refractivity contribution in [2.75, 3.05) is 0 Å². The van der Waals surface area contributed by atoms with Crippen LogP contribution in [-0.2, 0) is 0 Å². The van der Waals surface area contributed by atoms with Crippen LogP contribution in [0.5, 0.6) is 0 Å². The molecule has 1 unspecified atom stereocenters. The predicted octanol–water partition coefficient (Wildman–Crippen LogP) is 5.21. The van der Waals surface area contributed by atoms with Gasteiger partial charge in [-0.1, -0.05) is 35.3 Å². The standard InChI is InChI=1S/C17H21Cl2N/c18-14-3-1-2-13(15(14)19)16(20)17-7-10-4-11(8-17)6-12(5-10)9-17/h1-3,10-12,16H,4-9,20H2. The van der Waals surface area contributed by atoms with Gasteiger partial charge in [-0.3, -0.25) is 0 Å². The summed E-state index contributed by atoms with van der Waals surface area (Å²) in [5, 5.41) is 1.29. The van der Waals surface area contributed by atoms with Gasteiger partial charge in [0.25, 0.3) is 0 Å². The summed E-state index contributed by atoms with van der Waals surface area (Å²) in [4.78, 5) is 0. The van der Waals surface area contributed by atoms with Gasteiger partial charge < -0.3 is 5.73 Å². The quantitative estimate of drug-likeness (QED) is 0.797. The van der Waals surface area contributed by atoms with Crippen LogP contribution in [0, 0.1) is 23.2 Å². The van der Waals surface area contributed by atoms with Gasteiger partial charge in [0.05, 0.1) is 10.0 Å². The Morgan fingerprint density at radius 3 is 2.10 bits per heavy atom. The Balaban J connectivity index is 1.71. The molecule has 4 saturated carbocycles. The summed E-state index contributed by atoms with van der Waals surface area (Å²) >= 11 is 12.6. The summed E-state index contributed by atoms with van der Waals surface area (Å²) in [6.07, 6.45) is 8.20. The maximum Gasteiger partial charge on any atom is 0.0640 e. The molecule has 1 nitrogen and oxygen atoms in total. The molecule has 1 aromatic carbocycles. The topological polar surface area (TPSA) is 26.0 Å². The molecule has 0 heterocycles. The molecule has 108 valence electrons. The minimum atomic E-state index is 0.0436. The first kappa shape index (κ1) is 13.4. The third-order valence-electron chi connectivity index (χ3n) is 6.06. The molecular formula is C17H21Cl2N. The smallest absolute Gasteiger partial charge is 0.0640 e. The van der Waals surface area contributed by atoms with Crippen LogP contribution < -0.4 is 5.73 Å². The Bertz CT molecular complexity index is 505. The monoisotopic (exact) mass is 309 g/mol. The molecule has 4 aliphatic rings. The zero-order valence-corrected chi connectivity index (χ0v) is 13.1. The van der Waals surface area contributed by atoms with E-state index in [2.05, 4.69) is 6.07 Å². The fourth-order valence-corrected chi connectivity index (χ4v) is 6.07. The van der Waals surface area contributed by atoms with Crippen LogP contribution in [0.4, 0.5) is 0 Å². The van der Waals surface area contributed by atoms with E-state index in [1.807, 2.05) is 12.1 Å². The van der Waals surface area contributed by atoms with Gasteiger partial charge in [-0.25, -0.2) is 0 Å². The number of rotatable bonds is 2. The molecule has 0 amide bonds. The van der Waals surface area contributed by atoms with Crippen molar-refractivity contribution < 1.29 is 0 Å². The maximum atomic E-state index is 6.72. The van der Waals surface area contributed by atoms with E-state index < -0.39 is 0 Å². The molecule has 0 radical (unpaired) electrons. The summed E-state index contributed by atoms with van der Waals surface area (Å²) in [6.45, 7) is 0. The molecule has 1 aromatic rings. The minimum absolute atomic E-state index is 0.0436. The first-order chi connectivity index (χ1) is 9.57. The Morgan fingerprint density at radius 1 is 1.00 bits per heavy atom. The second kappa shape index (κ2) is 4.63. The minimum Gasteiger partial charge on any atom is -0.323 e. The van der Waals surface area contributed by atoms with Gasteiger partial charge in [0.15, 0.2) is 0 Å². The zero-order chi connectivity index (χ0) is 13.9.